The van der Waals surface area contributed by atoms with Crippen LogP contribution in [0.15, 0.2) is 59.6 Å². The SMILES string of the molecule is CN=C(NC)NCc1ccccc1COc1ccccc1. The monoisotopic (exact) mass is 283 g/mol. The molecule has 2 aromatic carbocycles. The third kappa shape index (κ3) is 4.53. The first-order chi connectivity index (χ1) is 10.3. The fourth-order valence-corrected chi connectivity index (χ4v) is 2.01. The van der Waals surface area contributed by atoms with Gasteiger partial charge in [-0.15, -0.1) is 0 Å². The Bertz CT molecular complexity index is 582. The van der Waals surface area contributed by atoms with Gasteiger partial charge in [0.1, 0.15) is 12.4 Å². The fourth-order valence-electron chi connectivity index (χ4n) is 2.01. The van der Waals surface area contributed by atoms with Crippen molar-refractivity contribution in [3.8, 4) is 5.75 Å². The molecule has 110 valence electrons. The second-order valence-corrected chi connectivity index (χ2v) is 4.55. The number of ether oxygens (including phenoxy) is 1. The van der Waals surface area contributed by atoms with Crippen LogP contribution >= 0.6 is 0 Å². The van der Waals surface area contributed by atoms with Crippen molar-refractivity contribution in [1.29, 1.82) is 0 Å². The van der Waals surface area contributed by atoms with Crippen LogP contribution in [0.3, 0.4) is 0 Å². The Morgan fingerprint density at radius 3 is 2.33 bits per heavy atom. The van der Waals surface area contributed by atoms with Gasteiger partial charge in [0.25, 0.3) is 0 Å². The van der Waals surface area contributed by atoms with E-state index in [1.54, 1.807) is 7.05 Å². The van der Waals surface area contributed by atoms with Crippen LogP contribution in [0, 0.1) is 0 Å². The summed E-state index contributed by atoms with van der Waals surface area (Å²) in [5.74, 6) is 1.65. The molecule has 0 aliphatic heterocycles. The number of hydrogen-bond donors (Lipinski definition) is 2. The van der Waals surface area contributed by atoms with E-state index < -0.39 is 0 Å². The number of aliphatic imine (C=N–C) groups is 1. The molecule has 0 atom stereocenters. The summed E-state index contributed by atoms with van der Waals surface area (Å²) < 4.78 is 5.82. The molecule has 0 aliphatic carbocycles. The number of hydrogen-bond acceptors (Lipinski definition) is 2. The van der Waals surface area contributed by atoms with E-state index in [2.05, 4.69) is 27.8 Å². The van der Waals surface area contributed by atoms with Gasteiger partial charge in [-0.05, 0) is 23.3 Å². The van der Waals surface area contributed by atoms with Crippen molar-refractivity contribution in [2.75, 3.05) is 14.1 Å². The number of nitrogens with one attached hydrogen (secondary N) is 2. The summed E-state index contributed by atoms with van der Waals surface area (Å²) in [4.78, 5) is 4.11. The van der Waals surface area contributed by atoms with E-state index in [1.807, 2.05) is 49.5 Å². The van der Waals surface area contributed by atoms with Gasteiger partial charge in [-0.3, -0.25) is 4.99 Å². The van der Waals surface area contributed by atoms with E-state index in [0.29, 0.717) is 13.2 Å². The van der Waals surface area contributed by atoms with Gasteiger partial charge in [0.05, 0.1) is 0 Å². The van der Waals surface area contributed by atoms with E-state index in [4.69, 9.17) is 4.74 Å². The smallest absolute Gasteiger partial charge is 0.190 e. The predicted octanol–water partition coefficient (Wildman–Crippen LogP) is 2.56. The third-order valence-electron chi connectivity index (χ3n) is 3.16. The van der Waals surface area contributed by atoms with Gasteiger partial charge in [0.15, 0.2) is 5.96 Å². The lowest BCUT2D eigenvalue weighted by Crippen LogP contribution is -2.34. The quantitative estimate of drug-likeness (QED) is 0.655. The Balaban J connectivity index is 2.00. The van der Waals surface area contributed by atoms with Gasteiger partial charge in [-0.25, -0.2) is 0 Å². The first-order valence-electron chi connectivity index (χ1n) is 6.96. The van der Waals surface area contributed by atoms with Crippen molar-refractivity contribution in [2.24, 2.45) is 4.99 Å². The first kappa shape index (κ1) is 14.9. The zero-order chi connectivity index (χ0) is 14.9. The van der Waals surface area contributed by atoms with E-state index >= 15 is 0 Å². The minimum atomic E-state index is 0.556. The van der Waals surface area contributed by atoms with Crippen LogP contribution in [0.25, 0.3) is 0 Å². The number of nitrogens with zero attached hydrogens (tertiary/aromatic N) is 1. The Morgan fingerprint density at radius 2 is 1.67 bits per heavy atom. The summed E-state index contributed by atoms with van der Waals surface area (Å²) in [5.41, 5.74) is 2.37. The molecule has 4 heteroatoms. The van der Waals surface area contributed by atoms with Gasteiger partial charge in [0.2, 0.25) is 0 Å². The lowest BCUT2D eigenvalue weighted by atomic mass is 10.1. The van der Waals surface area contributed by atoms with Crippen molar-refractivity contribution in [3.05, 3.63) is 65.7 Å². The molecular weight excluding hydrogens is 262 g/mol. The molecular formula is C17H21N3O. The van der Waals surface area contributed by atoms with Crippen LogP contribution in [0.4, 0.5) is 0 Å². The molecule has 2 N–H and O–H groups in total. The predicted molar refractivity (Wildman–Crippen MR) is 86.5 cm³/mol. The Kier molecular flexibility index (Phi) is 5.64. The van der Waals surface area contributed by atoms with E-state index in [9.17, 15) is 0 Å². The molecule has 0 unspecified atom stereocenters. The average Bonchev–Trinajstić information content (AvgIpc) is 2.56. The third-order valence-corrected chi connectivity index (χ3v) is 3.16. The maximum Gasteiger partial charge on any atom is 0.190 e. The van der Waals surface area contributed by atoms with Crippen molar-refractivity contribution in [2.45, 2.75) is 13.2 Å². The highest BCUT2D eigenvalue weighted by atomic mass is 16.5. The van der Waals surface area contributed by atoms with E-state index in [-0.39, 0.29) is 0 Å². The van der Waals surface area contributed by atoms with Crippen LogP contribution in [0.5, 0.6) is 5.75 Å². The summed E-state index contributed by atoms with van der Waals surface area (Å²) in [6, 6.07) is 18.1. The van der Waals surface area contributed by atoms with Gasteiger partial charge >= 0.3 is 0 Å². The molecule has 0 saturated carbocycles. The lowest BCUT2D eigenvalue weighted by Gasteiger charge is -2.13. The molecule has 0 spiro atoms. The summed E-state index contributed by atoms with van der Waals surface area (Å²) in [5, 5.41) is 6.26. The second kappa shape index (κ2) is 7.94. The second-order valence-electron chi connectivity index (χ2n) is 4.55. The molecule has 0 heterocycles. The van der Waals surface area contributed by atoms with Gasteiger partial charge < -0.3 is 15.4 Å². The average molecular weight is 283 g/mol. The Labute approximate surface area is 125 Å². The molecule has 0 saturated heterocycles. The maximum atomic E-state index is 5.82. The number of para-hydroxylation sites is 1. The molecule has 2 aromatic rings. The minimum absolute atomic E-state index is 0.556. The summed E-state index contributed by atoms with van der Waals surface area (Å²) in [7, 11) is 3.60. The summed E-state index contributed by atoms with van der Waals surface area (Å²) >= 11 is 0. The van der Waals surface area contributed by atoms with Gasteiger partial charge in [-0.1, -0.05) is 42.5 Å². The van der Waals surface area contributed by atoms with Gasteiger partial charge in [0, 0.05) is 20.6 Å². The summed E-state index contributed by atoms with van der Waals surface area (Å²) in [6.07, 6.45) is 0. The molecule has 0 fully saturated rings. The fraction of sp³-hybridized carbons (Fsp3) is 0.235. The largest absolute Gasteiger partial charge is 0.489 e. The van der Waals surface area contributed by atoms with Crippen LogP contribution in [-0.2, 0) is 13.2 Å². The zero-order valence-corrected chi connectivity index (χ0v) is 12.5. The van der Waals surface area contributed by atoms with Gasteiger partial charge in [-0.2, -0.15) is 0 Å². The van der Waals surface area contributed by atoms with Crippen molar-refractivity contribution < 1.29 is 4.74 Å². The molecule has 0 aromatic heterocycles. The van der Waals surface area contributed by atoms with Crippen LogP contribution in [0.1, 0.15) is 11.1 Å². The Hall–Kier alpha value is -2.49. The topological polar surface area (TPSA) is 45.7 Å². The van der Waals surface area contributed by atoms with Crippen molar-refractivity contribution in [3.63, 3.8) is 0 Å². The molecule has 2 rings (SSSR count). The molecule has 4 nitrogen and oxygen atoms in total. The molecule has 0 bridgehead atoms. The van der Waals surface area contributed by atoms with E-state index in [0.717, 1.165) is 11.7 Å². The molecule has 0 radical (unpaired) electrons. The van der Waals surface area contributed by atoms with Crippen molar-refractivity contribution in [1.82, 2.24) is 10.6 Å². The first-order valence-corrected chi connectivity index (χ1v) is 6.96. The number of guanidine groups is 1. The van der Waals surface area contributed by atoms with Crippen LogP contribution < -0.4 is 15.4 Å². The lowest BCUT2D eigenvalue weighted by molar-refractivity contribution is 0.305. The van der Waals surface area contributed by atoms with Crippen molar-refractivity contribution >= 4 is 5.96 Å². The standard InChI is InChI=1S/C17H21N3O/c1-18-17(19-2)20-12-14-8-6-7-9-15(14)13-21-16-10-4-3-5-11-16/h3-11H,12-13H2,1-2H3,(H2,18,19,20). The Morgan fingerprint density at radius 1 is 1.00 bits per heavy atom. The number of rotatable bonds is 5. The highest BCUT2D eigenvalue weighted by Gasteiger charge is 2.03. The zero-order valence-electron chi connectivity index (χ0n) is 12.5. The highest BCUT2D eigenvalue weighted by molar-refractivity contribution is 5.79. The molecule has 0 aliphatic rings. The number of benzene rings is 2. The van der Waals surface area contributed by atoms with E-state index in [1.165, 1.54) is 11.1 Å². The van der Waals surface area contributed by atoms with Crippen LogP contribution in [0.2, 0.25) is 0 Å². The molecule has 0 amide bonds. The molecule has 21 heavy (non-hydrogen) atoms. The minimum Gasteiger partial charge on any atom is -0.489 e. The normalized spacial score (nSPS) is 11.0. The van der Waals surface area contributed by atoms with Crippen LogP contribution in [-0.4, -0.2) is 20.1 Å². The maximum absolute atomic E-state index is 5.82. The summed E-state index contributed by atoms with van der Waals surface area (Å²) in [6.45, 7) is 1.27. The highest BCUT2D eigenvalue weighted by Crippen LogP contribution is 2.14.